The summed E-state index contributed by atoms with van der Waals surface area (Å²) < 4.78 is 68.5. The SMILES string of the molecule is CCCC/C=C\CCCCCCCC(=O)OC(COC(=O)CCCCCCCC/C=C\C/C=C\C/C=C\CCCCC)COP(=O)(O)OCC(O)COP(=O)(O)OCC(COC(=O)CCCCCCC/C=C\C/C=C\CCCCC)OC(=O)CCCCCCCCCCCCCCC. The predicted octanol–water partition coefficient (Wildman–Crippen LogP) is 22.4. The summed E-state index contributed by atoms with van der Waals surface area (Å²) in [6, 6.07) is 0. The summed E-state index contributed by atoms with van der Waals surface area (Å²) >= 11 is 0. The zero-order valence-corrected chi connectivity index (χ0v) is 64.0. The Bertz CT molecular complexity index is 2140. The van der Waals surface area contributed by atoms with Crippen molar-refractivity contribution in [2.24, 2.45) is 0 Å². The number of hydrogen-bond acceptors (Lipinski definition) is 15. The first-order chi connectivity index (χ1) is 47.7. The van der Waals surface area contributed by atoms with Crippen LogP contribution < -0.4 is 0 Å². The van der Waals surface area contributed by atoms with Crippen LogP contribution in [0.3, 0.4) is 0 Å². The summed E-state index contributed by atoms with van der Waals surface area (Å²) in [5, 5.41) is 10.6. The minimum Gasteiger partial charge on any atom is -0.462 e. The van der Waals surface area contributed by atoms with E-state index in [1.54, 1.807) is 0 Å². The van der Waals surface area contributed by atoms with Crippen molar-refractivity contribution >= 4 is 39.5 Å². The smallest absolute Gasteiger partial charge is 0.462 e. The summed E-state index contributed by atoms with van der Waals surface area (Å²) in [5.74, 6) is -2.19. The molecule has 98 heavy (non-hydrogen) atoms. The molecule has 0 bridgehead atoms. The van der Waals surface area contributed by atoms with Crippen LogP contribution in [0, 0.1) is 0 Å². The molecule has 0 saturated heterocycles. The van der Waals surface area contributed by atoms with Crippen molar-refractivity contribution in [1.82, 2.24) is 0 Å². The van der Waals surface area contributed by atoms with Gasteiger partial charge in [-0.15, -0.1) is 0 Å². The van der Waals surface area contributed by atoms with Gasteiger partial charge in [0.1, 0.15) is 19.3 Å². The Morgan fingerprint density at radius 3 is 0.827 bits per heavy atom. The average Bonchev–Trinajstić information content (AvgIpc) is 0.974. The molecular weight excluding hydrogens is 1280 g/mol. The van der Waals surface area contributed by atoms with Gasteiger partial charge in [0, 0.05) is 25.7 Å². The van der Waals surface area contributed by atoms with Crippen molar-refractivity contribution < 1.29 is 80.2 Å². The third-order valence-corrected chi connectivity index (χ3v) is 18.5. The zero-order chi connectivity index (χ0) is 71.8. The number of allylic oxidation sites excluding steroid dienone is 12. The lowest BCUT2D eigenvalue weighted by Crippen LogP contribution is -2.30. The van der Waals surface area contributed by atoms with Crippen LogP contribution in [-0.2, 0) is 65.4 Å². The van der Waals surface area contributed by atoms with Gasteiger partial charge < -0.3 is 33.8 Å². The zero-order valence-electron chi connectivity index (χ0n) is 62.2. The summed E-state index contributed by atoms with van der Waals surface area (Å²) in [7, 11) is -9.94. The molecule has 0 spiro atoms. The van der Waals surface area contributed by atoms with Gasteiger partial charge in [-0.3, -0.25) is 37.3 Å². The predicted molar refractivity (Wildman–Crippen MR) is 400 cm³/mol. The number of unbranched alkanes of at least 4 members (excludes halogenated alkanes) is 36. The number of rotatable bonds is 74. The van der Waals surface area contributed by atoms with Gasteiger partial charge in [0.25, 0.3) is 0 Å². The van der Waals surface area contributed by atoms with Crippen LogP contribution in [0.25, 0.3) is 0 Å². The highest BCUT2D eigenvalue weighted by molar-refractivity contribution is 7.47. The number of phosphoric ester groups is 2. The Balaban J connectivity index is 5.29. The van der Waals surface area contributed by atoms with Crippen LogP contribution in [0.15, 0.2) is 72.9 Å². The summed E-state index contributed by atoms with van der Waals surface area (Å²) in [6.45, 7) is 4.79. The summed E-state index contributed by atoms with van der Waals surface area (Å²) in [4.78, 5) is 72.8. The molecule has 0 aromatic heterocycles. The Morgan fingerprint density at radius 2 is 0.510 bits per heavy atom. The molecule has 5 atom stereocenters. The lowest BCUT2D eigenvalue weighted by molar-refractivity contribution is -0.161. The van der Waals surface area contributed by atoms with Gasteiger partial charge in [-0.1, -0.05) is 280 Å². The number of carbonyl (C=O) groups is 4. The van der Waals surface area contributed by atoms with Gasteiger partial charge >= 0.3 is 39.5 Å². The average molecular weight is 1430 g/mol. The second kappa shape index (κ2) is 71.9. The second-order valence-corrected chi connectivity index (χ2v) is 29.2. The molecule has 570 valence electrons. The topological polar surface area (TPSA) is 237 Å². The van der Waals surface area contributed by atoms with Crippen LogP contribution in [0.5, 0.6) is 0 Å². The molecule has 0 fully saturated rings. The van der Waals surface area contributed by atoms with Crippen molar-refractivity contribution in [2.75, 3.05) is 39.6 Å². The second-order valence-electron chi connectivity index (χ2n) is 26.3. The van der Waals surface area contributed by atoms with Crippen LogP contribution in [0.4, 0.5) is 0 Å². The molecule has 0 aromatic carbocycles. The number of esters is 4. The van der Waals surface area contributed by atoms with E-state index in [9.17, 15) is 43.2 Å². The largest absolute Gasteiger partial charge is 0.472 e. The van der Waals surface area contributed by atoms with Crippen molar-refractivity contribution in [3.05, 3.63) is 72.9 Å². The molecule has 0 radical (unpaired) electrons. The fraction of sp³-hybridized carbons (Fsp3) is 0.797. The molecule has 0 saturated carbocycles. The molecule has 0 heterocycles. The highest BCUT2D eigenvalue weighted by Crippen LogP contribution is 2.45. The van der Waals surface area contributed by atoms with Crippen molar-refractivity contribution in [3.63, 3.8) is 0 Å². The normalized spacial score (nSPS) is 14.3. The standard InChI is InChI=1S/C79H142O17P2/c1-5-9-13-17-21-25-29-32-34-35-36-37-39-42-45-48-52-56-60-64-77(82)89-69-74(95-78(83)65-61-57-53-49-43-28-24-20-16-12-8-4)71-93-97(85,86)91-67-73(80)68-92-98(87,88)94-72-75(96-79(84)66-62-58-54-50-46-40-31-27-23-19-15-11-7-3)70-90-76(81)63-59-55-51-47-44-41-38-33-30-26-22-18-14-10-6-2/h20-22,24-26,32-34,36-38,73-75,80H,5-19,23,27-31,35,39-72H2,1-4H3,(H,85,86)(H,87,88)/b24-20-,25-21-,26-22-,34-32-,37-36-,38-33-. The van der Waals surface area contributed by atoms with E-state index >= 15 is 0 Å². The van der Waals surface area contributed by atoms with Crippen molar-refractivity contribution in [2.45, 2.75) is 367 Å². The quantitative estimate of drug-likeness (QED) is 0.0169. The molecular formula is C79H142O17P2. The summed E-state index contributed by atoms with van der Waals surface area (Å²) in [5.41, 5.74) is 0. The van der Waals surface area contributed by atoms with Crippen LogP contribution >= 0.6 is 15.6 Å². The van der Waals surface area contributed by atoms with E-state index in [4.69, 9.17) is 37.0 Å². The minimum atomic E-state index is -4.97. The fourth-order valence-electron chi connectivity index (χ4n) is 10.6. The van der Waals surface area contributed by atoms with Crippen LogP contribution in [0.2, 0.25) is 0 Å². The molecule has 3 N–H and O–H groups in total. The maximum atomic E-state index is 13.1. The number of aliphatic hydroxyl groups is 1. The Kier molecular flexibility index (Phi) is 69.3. The summed E-state index contributed by atoms with van der Waals surface area (Å²) in [6.07, 6.45) is 71.7. The van der Waals surface area contributed by atoms with E-state index in [1.807, 2.05) is 0 Å². The van der Waals surface area contributed by atoms with Crippen molar-refractivity contribution in [1.29, 1.82) is 0 Å². The maximum Gasteiger partial charge on any atom is 0.472 e. The third kappa shape index (κ3) is 70.9. The van der Waals surface area contributed by atoms with Crippen LogP contribution in [0.1, 0.15) is 349 Å². The van der Waals surface area contributed by atoms with E-state index in [0.717, 1.165) is 167 Å². The number of aliphatic hydroxyl groups excluding tert-OH is 1. The molecule has 0 aliphatic rings. The van der Waals surface area contributed by atoms with Gasteiger partial charge in [-0.2, -0.15) is 0 Å². The maximum absolute atomic E-state index is 13.1. The molecule has 0 amide bonds. The van der Waals surface area contributed by atoms with E-state index in [2.05, 4.69) is 101 Å². The van der Waals surface area contributed by atoms with Gasteiger partial charge in [0.05, 0.1) is 26.4 Å². The number of phosphoric acid groups is 2. The van der Waals surface area contributed by atoms with Gasteiger partial charge in [0.2, 0.25) is 0 Å². The molecule has 0 aliphatic carbocycles. The van der Waals surface area contributed by atoms with E-state index in [0.29, 0.717) is 25.7 Å². The Hall–Kier alpha value is -3.50. The van der Waals surface area contributed by atoms with Gasteiger partial charge in [-0.25, -0.2) is 9.13 Å². The first-order valence-electron chi connectivity index (χ1n) is 39.2. The first-order valence-corrected chi connectivity index (χ1v) is 42.2. The Morgan fingerprint density at radius 1 is 0.286 bits per heavy atom. The first kappa shape index (κ1) is 94.5. The fourth-order valence-corrected chi connectivity index (χ4v) is 12.2. The molecule has 19 heteroatoms. The molecule has 5 unspecified atom stereocenters. The highest BCUT2D eigenvalue weighted by Gasteiger charge is 2.30. The lowest BCUT2D eigenvalue weighted by atomic mass is 10.0. The Labute approximate surface area is 596 Å². The van der Waals surface area contributed by atoms with E-state index < -0.39 is 97.5 Å². The minimum absolute atomic E-state index is 0.0836. The van der Waals surface area contributed by atoms with Gasteiger partial charge in [-0.05, 0) is 116 Å². The number of hydrogen-bond donors (Lipinski definition) is 3. The highest BCUT2D eigenvalue weighted by atomic mass is 31.2. The van der Waals surface area contributed by atoms with Crippen LogP contribution in [-0.4, -0.2) is 96.7 Å². The van der Waals surface area contributed by atoms with E-state index in [1.165, 1.54) is 103 Å². The molecule has 0 rings (SSSR count). The molecule has 17 nitrogen and oxygen atoms in total. The van der Waals surface area contributed by atoms with Gasteiger partial charge in [0.15, 0.2) is 12.2 Å². The lowest BCUT2D eigenvalue weighted by Gasteiger charge is -2.21. The van der Waals surface area contributed by atoms with Crippen molar-refractivity contribution in [3.8, 4) is 0 Å². The number of ether oxygens (including phenoxy) is 4. The molecule has 0 aromatic rings. The third-order valence-electron chi connectivity index (χ3n) is 16.6. The van der Waals surface area contributed by atoms with E-state index in [-0.39, 0.29) is 25.7 Å². The monoisotopic (exact) mass is 1420 g/mol. The number of carbonyl (C=O) groups excluding carboxylic acids is 4. The molecule has 0 aliphatic heterocycles.